The fourth-order valence-corrected chi connectivity index (χ4v) is 15.3. The first-order valence-corrected chi connectivity index (χ1v) is 38.4. The van der Waals surface area contributed by atoms with Crippen molar-refractivity contribution >= 4 is 59.3 Å². The van der Waals surface area contributed by atoms with Crippen molar-refractivity contribution in [1.82, 2.24) is 4.90 Å². The van der Waals surface area contributed by atoms with Gasteiger partial charge >= 0.3 is 5.97 Å². The molecular weight excluding hydrogens is 1070 g/mol. The first-order chi connectivity index (χ1) is 33.0. The number of carbonyl (C=O) groups excluding carboxylic acids is 2. The molecule has 0 aliphatic carbocycles. The van der Waals surface area contributed by atoms with Crippen LogP contribution in [0.2, 0.25) is 58.9 Å². The van der Waals surface area contributed by atoms with Crippen LogP contribution in [0.3, 0.4) is 0 Å². The van der Waals surface area contributed by atoms with Gasteiger partial charge in [-0.05, 0) is 138 Å². The Morgan fingerprint density at radius 1 is 0.704 bits per heavy atom. The lowest BCUT2D eigenvalue weighted by atomic mass is 9.78. The van der Waals surface area contributed by atoms with Crippen LogP contribution in [-0.4, -0.2) is 174 Å². The van der Waals surface area contributed by atoms with E-state index in [2.05, 4.69) is 121 Å². The number of nitrogens with zero attached hydrogens (tertiary/aromatic N) is 1. The number of carbonyl (C=O) groups is 2. The van der Waals surface area contributed by atoms with Crippen molar-refractivity contribution in [3.05, 3.63) is 0 Å². The summed E-state index contributed by atoms with van der Waals surface area (Å²) in [5, 5.41) is 0. The molecule has 0 N–H and O–H groups in total. The molecule has 15 nitrogen and oxygen atoms in total. The minimum atomic E-state index is -2.33. The zero-order chi connectivity index (χ0) is 53.8. The van der Waals surface area contributed by atoms with E-state index in [0.717, 1.165) is 0 Å². The van der Waals surface area contributed by atoms with Gasteiger partial charge in [0, 0.05) is 58.0 Å². The van der Waals surface area contributed by atoms with Crippen molar-refractivity contribution in [2.45, 2.75) is 243 Å². The van der Waals surface area contributed by atoms with Crippen LogP contribution < -0.4 is 0 Å². The highest BCUT2D eigenvalue weighted by molar-refractivity contribution is 14.1. The van der Waals surface area contributed by atoms with E-state index >= 15 is 0 Å². The van der Waals surface area contributed by atoms with E-state index < -0.39 is 80.4 Å². The second-order valence-electron chi connectivity index (χ2n) is 23.9. The zero-order valence-corrected chi connectivity index (χ0v) is 53.2. The van der Waals surface area contributed by atoms with E-state index in [1.807, 2.05) is 34.6 Å². The number of alkyl halides is 1. The van der Waals surface area contributed by atoms with Crippen molar-refractivity contribution < 1.29 is 65.5 Å². The largest absolute Gasteiger partial charge is 0.462 e. The zero-order valence-electron chi connectivity index (χ0n) is 48.1. The molecule has 3 saturated heterocycles. The van der Waals surface area contributed by atoms with Gasteiger partial charge in [0.2, 0.25) is 0 Å². The number of methoxy groups -OCH3 is 2. The summed E-state index contributed by atoms with van der Waals surface area (Å²) in [6, 6.07) is -0.0132. The highest BCUT2D eigenvalue weighted by atomic mass is 127. The number of hydrogen-bond donors (Lipinski definition) is 0. The Hall–Kier alpha value is 0.0406. The molecule has 1 unspecified atom stereocenters. The van der Waals surface area contributed by atoms with Crippen LogP contribution in [0.25, 0.3) is 0 Å². The summed E-state index contributed by atoms with van der Waals surface area (Å²) in [6.07, 6.45) is -2.61. The average molecular weight is 1180 g/mol. The third kappa shape index (κ3) is 20.7. The summed E-state index contributed by atoms with van der Waals surface area (Å²) >= 11 is 2.50. The predicted octanol–water partition coefficient (Wildman–Crippen LogP) is 10.1. The molecule has 18 atom stereocenters. The Labute approximate surface area is 448 Å². The van der Waals surface area contributed by atoms with Gasteiger partial charge in [0.25, 0.3) is 0 Å². The number of ether oxygens (including phenoxy) is 9. The van der Waals surface area contributed by atoms with E-state index in [1.165, 1.54) is 0 Å². The second kappa shape index (κ2) is 29.7. The van der Waals surface area contributed by atoms with Crippen molar-refractivity contribution in [1.29, 1.82) is 0 Å². The molecule has 0 spiro atoms. The summed E-state index contributed by atoms with van der Waals surface area (Å²) in [7, 11) is 1.03. The van der Waals surface area contributed by atoms with Crippen molar-refractivity contribution in [2.75, 3.05) is 48.1 Å². The molecule has 71 heavy (non-hydrogen) atoms. The lowest BCUT2D eigenvalue weighted by Crippen LogP contribution is -2.64. The molecule has 3 heterocycles. The minimum Gasteiger partial charge on any atom is -0.462 e. The van der Waals surface area contributed by atoms with Gasteiger partial charge in [0.1, 0.15) is 30.2 Å². The maximum Gasteiger partial charge on any atom is 0.308 e. The fraction of sp³-hybridized carbons (Fsp3) is 0.962. The first kappa shape index (κ1) is 65.3. The highest BCUT2D eigenvalue weighted by Gasteiger charge is 2.51. The van der Waals surface area contributed by atoms with E-state index in [9.17, 15) is 9.59 Å². The summed E-state index contributed by atoms with van der Waals surface area (Å²) in [5.74, 6) is -1.19. The predicted molar refractivity (Wildman–Crippen MR) is 295 cm³/mol. The van der Waals surface area contributed by atoms with Crippen LogP contribution in [-0.2, 0) is 65.5 Å². The van der Waals surface area contributed by atoms with E-state index in [4.69, 9.17) is 55.9 Å². The van der Waals surface area contributed by atoms with Crippen molar-refractivity contribution in [3.8, 4) is 0 Å². The molecule has 3 aliphatic heterocycles. The van der Waals surface area contributed by atoms with Crippen molar-refractivity contribution in [3.63, 3.8) is 0 Å². The minimum absolute atomic E-state index is 0.00237. The van der Waals surface area contributed by atoms with Gasteiger partial charge < -0.3 is 60.8 Å². The summed E-state index contributed by atoms with van der Waals surface area (Å²) in [4.78, 5) is 31.5. The molecular formula is C52H102INO14Si3. The van der Waals surface area contributed by atoms with Crippen LogP contribution in [0.4, 0.5) is 0 Å². The molecule has 3 aliphatic rings. The monoisotopic (exact) mass is 1180 g/mol. The lowest BCUT2D eigenvalue weighted by molar-refractivity contribution is -0.302. The molecule has 0 saturated carbocycles. The fourth-order valence-electron chi connectivity index (χ4n) is 10.7. The molecule has 0 bridgehead atoms. The number of likely N-dealkylation sites (N-methyl/N-ethyl adjacent to an activating group) is 1. The smallest absolute Gasteiger partial charge is 0.308 e. The number of cyclic esters (lactones) is 1. The van der Waals surface area contributed by atoms with Crippen LogP contribution in [0.15, 0.2) is 0 Å². The molecule has 0 aromatic carbocycles. The molecule has 0 aromatic heterocycles. The number of Topliss-reactive ketones (excluding diaryl/α,β-unsaturated/α-hetero) is 1. The Balaban J connectivity index is 2.17. The third-order valence-corrected chi connectivity index (χ3v) is 18.7. The Kier molecular flexibility index (Phi) is 27.3. The van der Waals surface area contributed by atoms with Crippen LogP contribution >= 0.6 is 22.6 Å². The normalized spacial score (nSPS) is 37.1. The SMILES string of the molecule is CCOC(C[C@H]1C[C@@H](C)C(=O)CCC(C)C[C@H](CO[C@@H]2O[C@H](C)[C@@H](O[Si](C)(C)C)[C@@H](OC)[C@H]2OC)[C@@H](CC)OC(=O)C[C@H](O[Si](C)(C)C)[C@H](C)[C@H]1O[C@@H]1O[C@H](C)[C@@H](I)[C@H](N(C)C)[C@H]1O[Si](C)(C)C)OCC. The Bertz CT molecular complexity index is 1560. The second-order valence-corrected chi connectivity index (χ2v) is 38.7. The summed E-state index contributed by atoms with van der Waals surface area (Å²) in [5.41, 5.74) is 0. The van der Waals surface area contributed by atoms with Gasteiger partial charge in [-0.1, -0.05) is 50.3 Å². The maximum atomic E-state index is 14.7. The van der Waals surface area contributed by atoms with Gasteiger partial charge in [-0.2, -0.15) is 0 Å². The van der Waals surface area contributed by atoms with Gasteiger partial charge in [-0.25, -0.2) is 0 Å². The number of rotatable bonds is 21. The molecule has 3 rings (SSSR count). The Morgan fingerprint density at radius 3 is 1.79 bits per heavy atom. The van der Waals surface area contributed by atoms with E-state index in [0.29, 0.717) is 51.7 Å². The molecule has 418 valence electrons. The average Bonchev–Trinajstić information content (AvgIpc) is 3.25. The molecule has 0 amide bonds. The molecule has 0 radical (unpaired) electrons. The first-order valence-electron chi connectivity index (χ1n) is 26.9. The standard InChI is InChI=1S/C52H102INO14Si3/c1-22-40-38(31-61-51-50(58-12)49(57-11)47(36(8)63-51)67-70(16,17)18)27-32(4)25-26-39(55)33(5)28-37(29-43(59-23-2)60-24-3)46(34(6)41(30-42(56)64-40)66-69(13,14)15)65-52-48(68-71(19,20)21)45(54(9)10)44(53)35(7)62-52/h32-38,40-41,43-52H,22-31H2,1-21H3/t32?,33-,34+,35-,36-,37-,38-,40-,41+,44-,45+,46-,47-,48-,49-,50-,51-,52+/m1/s1. The lowest BCUT2D eigenvalue weighted by Gasteiger charge is -2.50. The number of ketones is 1. The summed E-state index contributed by atoms with van der Waals surface area (Å²) < 4.78 is 79.7. The van der Waals surface area contributed by atoms with Gasteiger partial charge in [-0.3, -0.25) is 9.59 Å². The van der Waals surface area contributed by atoms with E-state index in [1.54, 1.807) is 14.2 Å². The quantitative estimate of drug-likeness (QED) is 0.0353. The molecule has 3 fully saturated rings. The van der Waals surface area contributed by atoms with Gasteiger partial charge in [-0.15, -0.1) is 0 Å². The van der Waals surface area contributed by atoms with Gasteiger partial charge in [0.15, 0.2) is 43.8 Å². The van der Waals surface area contributed by atoms with Crippen LogP contribution in [0.5, 0.6) is 0 Å². The number of hydrogen-bond acceptors (Lipinski definition) is 15. The maximum absolute atomic E-state index is 14.7. The molecule has 0 aromatic rings. The summed E-state index contributed by atoms with van der Waals surface area (Å²) in [6.45, 7) is 37.0. The topological polar surface area (TPSA) is 148 Å². The van der Waals surface area contributed by atoms with Gasteiger partial charge in [0.05, 0.1) is 53.5 Å². The number of halogens is 1. The third-order valence-electron chi connectivity index (χ3n) is 14.0. The van der Waals surface area contributed by atoms with E-state index in [-0.39, 0.29) is 82.6 Å². The number of esters is 1. The molecule has 19 heteroatoms. The van der Waals surface area contributed by atoms with Crippen molar-refractivity contribution in [2.24, 2.45) is 29.6 Å². The van der Waals surface area contributed by atoms with Crippen LogP contribution in [0.1, 0.15) is 100 Å². The Morgan fingerprint density at radius 2 is 1.27 bits per heavy atom. The van der Waals surface area contributed by atoms with Crippen LogP contribution in [0, 0.1) is 29.6 Å². The highest BCUT2D eigenvalue weighted by Crippen LogP contribution is 2.40.